The van der Waals surface area contributed by atoms with E-state index in [1.807, 2.05) is 27.7 Å². The maximum Gasteiger partial charge on any atom is 0.232 e. The van der Waals surface area contributed by atoms with Gasteiger partial charge in [0.2, 0.25) is 5.91 Å². The second-order valence-corrected chi connectivity index (χ2v) is 6.65. The molecule has 1 aromatic heterocycles. The summed E-state index contributed by atoms with van der Waals surface area (Å²) in [4.78, 5) is 16.5. The average molecular weight is 322 g/mol. The Morgan fingerprint density at radius 3 is 2.64 bits per heavy atom. The van der Waals surface area contributed by atoms with Gasteiger partial charge in [-0.25, -0.2) is 4.98 Å². The summed E-state index contributed by atoms with van der Waals surface area (Å²) in [6.45, 7) is 7.86. The molecule has 2 aromatic rings. The molecule has 3 N–H and O–H groups in total. The van der Waals surface area contributed by atoms with Gasteiger partial charge in [-0.1, -0.05) is 32.4 Å². The maximum absolute atomic E-state index is 12.1. The van der Waals surface area contributed by atoms with Gasteiger partial charge >= 0.3 is 0 Å². The van der Waals surface area contributed by atoms with Gasteiger partial charge in [-0.2, -0.15) is 0 Å². The molecule has 1 heterocycles. The van der Waals surface area contributed by atoms with Crippen molar-refractivity contribution in [3.8, 4) is 0 Å². The van der Waals surface area contributed by atoms with Crippen LogP contribution < -0.4 is 11.1 Å². The highest BCUT2D eigenvalue weighted by Gasteiger charge is 2.23. The predicted octanol–water partition coefficient (Wildman–Crippen LogP) is 3.70. The Hall–Kier alpha value is -2.01. The number of carbonyl (C=O) groups excluding carboxylic acids is 1. The van der Waals surface area contributed by atoms with Crippen molar-refractivity contribution in [3.05, 3.63) is 40.6 Å². The standard InChI is InChI=1S/C16H20ClN3O2/c1-9-13(22-15(19-9)16(2,3)4)8-14(21)20-12-6-5-10(18)7-11(12)17/h5-7H,8,18H2,1-4H3,(H,20,21). The molecule has 6 heteroatoms. The second kappa shape index (κ2) is 6.01. The molecule has 0 atom stereocenters. The van der Waals surface area contributed by atoms with Crippen molar-refractivity contribution in [2.24, 2.45) is 0 Å². The van der Waals surface area contributed by atoms with E-state index in [-0.39, 0.29) is 17.7 Å². The van der Waals surface area contributed by atoms with Gasteiger partial charge in [0.1, 0.15) is 5.76 Å². The lowest BCUT2D eigenvalue weighted by Gasteiger charge is -2.12. The molecule has 0 aliphatic carbocycles. The second-order valence-electron chi connectivity index (χ2n) is 6.24. The molecule has 5 nitrogen and oxygen atoms in total. The lowest BCUT2D eigenvalue weighted by molar-refractivity contribution is -0.115. The number of carbonyl (C=O) groups is 1. The van der Waals surface area contributed by atoms with E-state index in [2.05, 4.69) is 10.3 Å². The van der Waals surface area contributed by atoms with Crippen molar-refractivity contribution < 1.29 is 9.21 Å². The number of aromatic nitrogens is 1. The lowest BCUT2D eigenvalue weighted by atomic mass is 9.97. The number of hydrogen-bond donors (Lipinski definition) is 2. The number of nitrogens with two attached hydrogens (primary N) is 1. The number of nitrogen functional groups attached to an aromatic ring is 1. The number of rotatable bonds is 3. The summed E-state index contributed by atoms with van der Waals surface area (Å²) >= 11 is 6.04. The van der Waals surface area contributed by atoms with Crippen LogP contribution in [0.3, 0.4) is 0 Å². The minimum Gasteiger partial charge on any atom is -0.444 e. The molecule has 2 rings (SSSR count). The molecule has 0 fully saturated rings. The van der Waals surface area contributed by atoms with Crippen molar-refractivity contribution >= 4 is 28.9 Å². The van der Waals surface area contributed by atoms with Gasteiger partial charge in [0.15, 0.2) is 5.89 Å². The van der Waals surface area contributed by atoms with E-state index >= 15 is 0 Å². The Kier molecular flexibility index (Phi) is 4.47. The van der Waals surface area contributed by atoms with E-state index in [9.17, 15) is 4.79 Å². The quantitative estimate of drug-likeness (QED) is 0.845. The van der Waals surface area contributed by atoms with Gasteiger partial charge in [0.25, 0.3) is 0 Å². The van der Waals surface area contributed by atoms with Crippen LogP contribution in [-0.4, -0.2) is 10.9 Å². The molecule has 0 saturated heterocycles. The number of hydrogen-bond acceptors (Lipinski definition) is 4. The van der Waals surface area contributed by atoms with Crippen molar-refractivity contribution in [1.82, 2.24) is 4.98 Å². The van der Waals surface area contributed by atoms with Crippen LogP contribution in [0.2, 0.25) is 5.02 Å². The predicted molar refractivity (Wildman–Crippen MR) is 88.1 cm³/mol. The first kappa shape index (κ1) is 16.4. The van der Waals surface area contributed by atoms with E-state index in [0.717, 1.165) is 5.69 Å². The maximum atomic E-state index is 12.1. The van der Waals surface area contributed by atoms with E-state index in [0.29, 0.717) is 28.0 Å². The van der Waals surface area contributed by atoms with Crippen LogP contribution in [-0.2, 0) is 16.6 Å². The summed E-state index contributed by atoms with van der Waals surface area (Å²) in [5.41, 5.74) is 7.22. The highest BCUT2D eigenvalue weighted by Crippen LogP contribution is 2.26. The molecule has 118 valence electrons. The average Bonchev–Trinajstić information content (AvgIpc) is 2.74. The summed E-state index contributed by atoms with van der Waals surface area (Å²) in [7, 11) is 0. The molecule has 1 amide bonds. The molecule has 22 heavy (non-hydrogen) atoms. The SMILES string of the molecule is Cc1nc(C(C)(C)C)oc1CC(=O)Nc1ccc(N)cc1Cl. The first-order valence-electron chi connectivity index (χ1n) is 6.98. The molecule has 0 unspecified atom stereocenters. The topological polar surface area (TPSA) is 81.2 Å². The number of benzene rings is 1. The van der Waals surface area contributed by atoms with Gasteiger partial charge in [-0.05, 0) is 25.1 Å². The zero-order valence-corrected chi connectivity index (χ0v) is 13.9. The van der Waals surface area contributed by atoms with E-state index in [4.69, 9.17) is 21.8 Å². The fourth-order valence-electron chi connectivity index (χ4n) is 1.89. The first-order valence-corrected chi connectivity index (χ1v) is 7.36. The van der Waals surface area contributed by atoms with Crippen molar-refractivity contribution in [1.29, 1.82) is 0 Å². The molecular weight excluding hydrogens is 302 g/mol. The molecule has 0 aliphatic heterocycles. The van der Waals surface area contributed by atoms with Crippen LogP contribution in [0.25, 0.3) is 0 Å². The van der Waals surface area contributed by atoms with Crippen molar-refractivity contribution in [2.45, 2.75) is 39.5 Å². The summed E-state index contributed by atoms with van der Waals surface area (Å²) in [5, 5.41) is 3.15. The summed E-state index contributed by atoms with van der Waals surface area (Å²) < 4.78 is 5.71. The van der Waals surface area contributed by atoms with Crippen LogP contribution >= 0.6 is 11.6 Å². The molecular formula is C16H20ClN3O2. The van der Waals surface area contributed by atoms with E-state index < -0.39 is 0 Å². The summed E-state index contributed by atoms with van der Waals surface area (Å²) in [5.74, 6) is 0.971. The Morgan fingerprint density at radius 1 is 1.41 bits per heavy atom. The zero-order chi connectivity index (χ0) is 16.5. The third-order valence-corrected chi connectivity index (χ3v) is 3.44. The smallest absolute Gasteiger partial charge is 0.232 e. The third kappa shape index (κ3) is 3.80. The van der Waals surface area contributed by atoms with Crippen LogP contribution in [0.4, 0.5) is 11.4 Å². The fourth-order valence-corrected chi connectivity index (χ4v) is 2.12. The lowest BCUT2D eigenvalue weighted by Crippen LogP contribution is -2.15. The van der Waals surface area contributed by atoms with Gasteiger partial charge in [0.05, 0.1) is 22.8 Å². The van der Waals surface area contributed by atoms with Crippen LogP contribution in [0.5, 0.6) is 0 Å². The normalized spacial score (nSPS) is 11.5. The number of nitrogens with zero attached hydrogens (tertiary/aromatic N) is 1. The number of aryl methyl sites for hydroxylation is 1. The molecule has 1 aromatic carbocycles. The minimum absolute atomic E-state index is 0.107. The largest absolute Gasteiger partial charge is 0.444 e. The van der Waals surface area contributed by atoms with Crippen LogP contribution in [0.1, 0.15) is 38.1 Å². The van der Waals surface area contributed by atoms with E-state index in [1.165, 1.54) is 0 Å². The molecule has 0 bridgehead atoms. The summed E-state index contributed by atoms with van der Waals surface area (Å²) in [6, 6.07) is 4.94. The Balaban J connectivity index is 2.11. The highest BCUT2D eigenvalue weighted by atomic mass is 35.5. The van der Waals surface area contributed by atoms with E-state index in [1.54, 1.807) is 18.2 Å². The van der Waals surface area contributed by atoms with Crippen molar-refractivity contribution in [2.75, 3.05) is 11.1 Å². The first-order chi connectivity index (χ1) is 10.2. The van der Waals surface area contributed by atoms with Gasteiger partial charge in [-0.15, -0.1) is 0 Å². The highest BCUT2D eigenvalue weighted by molar-refractivity contribution is 6.34. The number of amides is 1. The number of nitrogens with one attached hydrogen (secondary N) is 1. The Labute approximate surface area is 134 Å². The monoisotopic (exact) mass is 321 g/mol. The van der Waals surface area contributed by atoms with Crippen molar-refractivity contribution in [3.63, 3.8) is 0 Å². The van der Waals surface area contributed by atoms with Gasteiger partial charge in [0, 0.05) is 11.1 Å². The van der Waals surface area contributed by atoms with Crippen LogP contribution in [0.15, 0.2) is 22.6 Å². The molecule has 0 radical (unpaired) electrons. The Bertz CT molecular complexity index is 702. The molecule has 0 saturated carbocycles. The summed E-state index contributed by atoms with van der Waals surface area (Å²) in [6.07, 6.45) is 0.107. The molecule has 0 spiro atoms. The number of oxazole rings is 1. The van der Waals surface area contributed by atoms with Gasteiger partial charge in [-0.3, -0.25) is 4.79 Å². The van der Waals surface area contributed by atoms with Crippen LogP contribution in [0, 0.1) is 6.92 Å². The third-order valence-electron chi connectivity index (χ3n) is 3.12. The van der Waals surface area contributed by atoms with Gasteiger partial charge < -0.3 is 15.5 Å². The number of halogens is 1. The Morgan fingerprint density at radius 2 is 2.09 bits per heavy atom. The molecule has 0 aliphatic rings. The zero-order valence-electron chi connectivity index (χ0n) is 13.2. The fraction of sp³-hybridized carbons (Fsp3) is 0.375. The number of anilines is 2. The minimum atomic E-state index is -0.216.